The van der Waals surface area contributed by atoms with Crippen molar-refractivity contribution in [3.8, 4) is 0 Å². The Morgan fingerprint density at radius 2 is 2.60 bits per heavy atom. The minimum absolute atomic E-state index is 0.0839. The fourth-order valence-electron chi connectivity index (χ4n) is 1.23. The summed E-state index contributed by atoms with van der Waals surface area (Å²) < 4.78 is 6.47. The van der Waals surface area contributed by atoms with Crippen molar-refractivity contribution >= 4 is 17.6 Å². The molecule has 15 heavy (non-hydrogen) atoms. The standard InChI is InChI=1S/C7H10N4O3S/c8-4-1-9-11(7(13)10-4)5-3-15-6(2-12)14-5/h1,5-6,12H,2-3H2,(H2,8,10,13)/t5-,6+/m0/s1. The summed E-state index contributed by atoms with van der Waals surface area (Å²) in [6.07, 6.45) is 0.814. The molecule has 0 unspecified atom stereocenters. The second kappa shape index (κ2) is 4.17. The van der Waals surface area contributed by atoms with Gasteiger partial charge in [0.15, 0.2) is 6.23 Å². The molecule has 8 heteroatoms. The third-order valence-electron chi connectivity index (χ3n) is 1.89. The molecular formula is C7H10N4O3S. The second-order valence-corrected chi connectivity index (χ2v) is 4.14. The molecule has 0 spiro atoms. The molecule has 1 saturated heterocycles. The summed E-state index contributed by atoms with van der Waals surface area (Å²) in [6, 6.07) is 0. The molecule has 0 amide bonds. The van der Waals surface area contributed by atoms with E-state index in [0.29, 0.717) is 5.75 Å². The average molecular weight is 230 g/mol. The van der Waals surface area contributed by atoms with Gasteiger partial charge in [0.1, 0.15) is 11.3 Å². The van der Waals surface area contributed by atoms with Crippen LogP contribution in [0.25, 0.3) is 0 Å². The quantitative estimate of drug-likeness (QED) is 0.657. The van der Waals surface area contributed by atoms with E-state index in [-0.39, 0.29) is 17.9 Å². The van der Waals surface area contributed by atoms with Crippen molar-refractivity contribution in [1.29, 1.82) is 0 Å². The summed E-state index contributed by atoms with van der Waals surface area (Å²) in [6.45, 7) is -0.0850. The average Bonchev–Trinajstić information content (AvgIpc) is 2.66. The third-order valence-corrected chi connectivity index (χ3v) is 3.00. The lowest BCUT2D eigenvalue weighted by Crippen LogP contribution is -2.31. The zero-order valence-corrected chi connectivity index (χ0v) is 8.55. The number of rotatable bonds is 2. The number of nitrogen functional groups attached to an aromatic ring is 1. The van der Waals surface area contributed by atoms with Crippen molar-refractivity contribution in [3.63, 3.8) is 0 Å². The van der Waals surface area contributed by atoms with Crippen LogP contribution in [0.4, 0.5) is 5.82 Å². The maximum absolute atomic E-state index is 11.4. The molecule has 1 aliphatic heterocycles. The van der Waals surface area contributed by atoms with Gasteiger partial charge in [0.2, 0.25) is 0 Å². The van der Waals surface area contributed by atoms with Crippen LogP contribution in [-0.2, 0) is 4.74 Å². The number of anilines is 1. The highest BCUT2D eigenvalue weighted by Crippen LogP contribution is 2.29. The predicted octanol–water partition coefficient (Wildman–Crippen LogP) is -1.20. The highest BCUT2D eigenvalue weighted by molar-refractivity contribution is 8.00. The van der Waals surface area contributed by atoms with Crippen LogP contribution in [0.1, 0.15) is 6.23 Å². The molecule has 0 radical (unpaired) electrons. The van der Waals surface area contributed by atoms with Crippen LogP contribution in [0.3, 0.4) is 0 Å². The summed E-state index contributed by atoms with van der Waals surface area (Å²) in [4.78, 5) is 14.9. The smallest absolute Gasteiger partial charge is 0.368 e. The molecule has 0 aromatic carbocycles. The van der Waals surface area contributed by atoms with Gasteiger partial charge in [-0.25, -0.2) is 4.79 Å². The summed E-state index contributed by atoms with van der Waals surface area (Å²) in [5.41, 5.74) is 4.46. The number of hydrogen-bond acceptors (Lipinski definition) is 7. The molecule has 2 heterocycles. The van der Waals surface area contributed by atoms with Crippen molar-refractivity contribution in [2.45, 2.75) is 11.7 Å². The fraction of sp³-hybridized carbons (Fsp3) is 0.571. The number of ether oxygens (including phenoxy) is 1. The Kier molecular flexibility index (Phi) is 2.89. The van der Waals surface area contributed by atoms with Crippen LogP contribution < -0.4 is 11.4 Å². The largest absolute Gasteiger partial charge is 0.393 e. The Morgan fingerprint density at radius 3 is 3.20 bits per heavy atom. The maximum atomic E-state index is 11.4. The lowest BCUT2D eigenvalue weighted by Gasteiger charge is -2.11. The Hall–Kier alpha value is -1.12. The van der Waals surface area contributed by atoms with E-state index in [9.17, 15) is 4.79 Å². The van der Waals surface area contributed by atoms with Crippen LogP contribution in [-0.4, -0.2) is 37.7 Å². The van der Waals surface area contributed by atoms with Crippen LogP contribution in [0.5, 0.6) is 0 Å². The third kappa shape index (κ3) is 2.11. The Labute approximate surface area is 89.3 Å². The van der Waals surface area contributed by atoms with Crippen LogP contribution in [0, 0.1) is 0 Å². The van der Waals surface area contributed by atoms with E-state index < -0.39 is 11.9 Å². The van der Waals surface area contributed by atoms with Crippen molar-refractivity contribution in [3.05, 3.63) is 16.7 Å². The van der Waals surface area contributed by atoms with Crippen molar-refractivity contribution in [2.24, 2.45) is 0 Å². The van der Waals surface area contributed by atoms with Crippen LogP contribution in [0.15, 0.2) is 11.0 Å². The SMILES string of the molecule is Nc1cnn([C@@H]2CS[C@H](CO)O2)c(=O)n1. The van der Waals surface area contributed by atoms with Gasteiger partial charge in [-0.05, 0) is 0 Å². The normalized spacial score (nSPS) is 25.7. The van der Waals surface area contributed by atoms with Gasteiger partial charge in [-0.2, -0.15) is 14.8 Å². The van der Waals surface area contributed by atoms with Crippen LogP contribution >= 0.6 is 11.8 Å². The molecule has 0 aliphatic carbocycles. The lowest BCUT2D eigenvalue weighted by atomic mass is 10.6. The lowest BCUT2D eigenvalue weighted by molar-refractivity contribution is -0.0139. The Bertz CT molecular complexity index is 409. The monoisotopic (exact) mass is 230 g/mol. The fourth-order valence-corrected chi connectivity index (χ4v) is 2.14. The topological polar surface area (TPSA) is 103 Å². The molecule has 1 aliphatic rings. The molecule has 2 atom stereocenters. The van der Waals surface area contributed by atoms with Gasteiger partial charge in [-0.15, -0.1) is 11.8 Å². The van der Waals surface area contributed by atoms with Gasteiger partial charge in [0.05, 0.1) is 12.8 Å². The maximum Gasteiger partial charge on any atom is 0.368 e. The summed E-state index contributed by atoms with van der Waals surface area (Å²) >= 11 is 1.43. The first-order valence-corrected chi connectivity index (χ1v) is 5.35. The Balaban J connectivity index is 2.20. The minimum Gasteiger partial charge on any atom is -0.393 e. The minimum atomic E-state index is -0.542. The molecular weight excluding hydrogens is 220 g/mol. The summed E-state index contributed by atoms with van der Waals surface area (Å²) in [7, 11) is 0. The number of nitrogens with zero attached hydrogens (tertiary/aromatic N) is 3. The number of aromatic nitrogens is 3. The van der Waals surface area contributed by atoms with Gasteiger partial charge >= 0.3 is 5.69 Å². The molecule has 7 nitrogen and oxygen atoms in total. The zero-order chi connectivity index (χ0) is 10.8. The van der Waals surface area contributed by atoms with E-state index in [1.165, 1.54) is 18.0 Å². The van der Waals surface area contributed by atoms with Crippen molar-refractivity contribution in [2.75, 3.05) is 18.1 Å². The Morgan fingerprint density at radius 1 is 1.80 bits per heavy atom. The molecule has 1 fully saturated rings. The number of thioether (sulfide) groups is 1. The summed E-state index contributed by atoms with van der Waals surface area (Å²) in [5.74, 6) is 0.643. The van der Waals surface area contributed by atoms with Gasteiger partial charge < -0.3 is 15.6 Å². The van der Waals surface area contributed by atoms with E-state index >= 15 is 0 Å². The van der Waals surface area contributed by atoms with E-state index in [0.717, 1.165) is 4.68 Å². The molecule has 0 saturated carbocycles. The molecule has 3 N–H and O–H groups in total. The molecule has 2 rings (SSSR count). The van der Waals surface area contributed by atoms with Gasteiger partial charge in [-0.1, -0.05) is 0 Å². The molecule has 1 aromatic rings. The first-order valence-electron chi connectivity index (χ1n) is 4.30. The highest BCUT2D eigenvalue weighted by Gasteiger charge is 2.28. The van der Waals surface area contributed by atoms with E-state index in [4.69, 9.17) is 15.6 Å². The molecule has 82 valence electrons. The predicted molar refractivity (Wildman–Crippen MR) is 54.2 cm³/mol. The number of hydrogen-bond donors (Lipinski definition) is 2. The van der Waals surface area contributed by atoms with Crippen molar-refractivity contribution in [1.82, 2.24) is 14.8 Å². The number of nitrogens with two attached hydrogens (primary N) is 1. The summed E-state index contributed by atoms with van der Waals surface area (Å²) in [5, 5.41) is 12.7. The molecule has 0 bridgehead atoms. The van der Waals surface area contributed by atoms with Crippen LogP contribution in [0.2, 0.25) is 0 Å². The van der Waals surface area contributed by atoms with Gasteiger partial charge in [0.25, 0.3) is 0 Å². The zero-order valence-electron chi connectivity index (χ0n) is 7.74. The highest BCUT2D eigenvalue weighted by atomic mass is 32.2. The molecule has 1 aromatic heterocycles. The number of aliphatic hydroxyl groups is 1. The first kappa shape index (κ1) is 10.4. The van der Waals surface area contributed by atoms with E-state index in [1.807, 2.05) is 0 Å². The number of aliphatic hydroxyl groups excluding tert-OH is 1. The second-order valence-electron chi connectivity index (χ2n) is 2.94. The van der Waals surface area contributed by atoms with Crippen molar-refractivity contribution < 1.29 is 9.84 Å². The van der Waals surface area contributed by atoms with E-state index in [1.54, 1.807) is 0 Å². The first-order chi connectivity index (χ1) is 7.20. The van der Waals surface area contributed by atoms with E-state index in [2.05, 4.69) is 10.1 Å². The van der Waals surface area contributed by atoms with Gasteiger partial charge in [-0.3, -0.25) is 0 Å². The van der Waals surface area contributed by atoms with Gasteiger partial charge in [0, 0.05) is 5.75 Å².